The number of benzene rings is 1. The standard InChI is InChI=1S/C21H23N3O.ClH/c1-14-22-10-11-23(14)13-16-8-9-19-20(21(16)25)17-4-2-3-5-18(17)24(19)12-15-6-7-15;/h2-5,10-11,15-16H,6-9,12-13H2,1H3;1H. The molecule has 0 saturated heterocycles. The van der Waals surface area contributed by atoms with Gasteiger partial charge in [-0.15, -0.1) is 12.4 Å². The monoisotopic (exact) mass is 369 g/mol. The predicted octanol–water partition coefficient (Wildman–Crippen LogP) is 4.42. The third kappa shape index (κ3) is 2.77. The van der Waals surface area contributed by atoms with Crippen molar-refractivity contribution in [2.75, 3.05) is 0 Å². The summed E-state index contributed by atoms with van der Waals surface area (Å²) in [4.78, 5) is 17.6. The Labute approximate surface area is 159 Å². The Morgan fingerprint density at radius 1 is 1.15 bits per heavy atom. The minimum Gasteiger partial charge on any atom is -0.344 e. The number of hydrogen-bond acceptors (Lipinski definition) is 2. The Balaban J connectivity index is 0.00000168. The average molecular weight is 370 g/mol. The molecule has 0 spiro atoms. The minimum absolute atomic E-state index is 0. The third-order valence-electron chi connectivity index (χ3n) is 5.90. The maximum Gasteiger partial charge on any atom is 0.170 e. The fourth-order valence-electron chi connectivity index (χ4n) is 4.31. The number of imidazole rings is 1. The van der Waals surface area contributed by atoms with E-state index in [2.05, 4.69) is 38.4 Å². The zero-order chi connectivity index (χ0) is 17.0. The smallest absolute Gasteiger partial charge is 0.170 e. The van der Waals surface area contributed by atoms with Gasteiger partial charge in [-0.2, -0.15) is 0 Å². The SMILES string of the molecule is Cc1nccn1CC1CCc2c(c3ccccc3n2CC2CC2)C1=O.Cl. The lowest BCUT2D eigenvalue weighted by Gasteiger charge is -2.23. The van der Waals surface area contributed by atoms with Gasteiger partial charge in [0, 0.05) is 53.6 Å². The number of fused-ring (bicyclic) bond motifs is 3. The Morgan fingerprint density at radius 2 is 1.96 bits per heavy atom. The number of aryl methyl sites for hydroxylation is 1. The van der Waals surface area contributed by atoms with Gasteiger partial charge in [0.2, 0.25) is 0 Å². The highest BCUT2D eigenvalue weighted by Crippen LogP contribution is 2.38. The van der Waals surface area contributed by atoms with E-state index in [1.165, 1.54) is 24.1 Å². The Hall–Kier alpha value is -2.07. The number of rotatable bonds is 4. The molecule has 2 aliphatic rings. The van der Waals surface area contributed by atoms with Crippen molar-refractivity contribution in [3.8, 4) is 0 Å². The Kier molecular flexibility index (Phi) is 4.39. The molecule has 3 aromatic rings. The van der Waals surface area contributed by atoms with E-state index in [0.29, 0.717) is 5.78 Å². The molecule has 1 fully saturated rings. The second kappa shape index (κ2) is 6.58. The van der Waals surface area contributed by atoms with E-state index >= 15 is 0 Å². The summed E-state index contributed by atoms with van der Waals surface area (Å²) in [6, 6.07) is 8.45. The molecular formula is C21H24ClN3O. The van der Waals surface area contributed by atoms with E-state index in [-0.39, 0.29) is 18.3 Å². The number of ketones is 1. The van der Waals surface area contributed by atoms with Crippen molar-refractivity contribution in [3.05, 3.63) is 53.7 Å². The molecule has 1 atom stereocenters. The van der Waals surface area contributed by atoms with Gasteiger partial charge in [-0.1, -0.05) is 18.2 Å². The van der Waals surface area contributed by atoms with Gasteiger partial charge >= 0.3 is 0 Å². The van der Waals surface area contributed by atoms with Crippen LogP contribution in [0.1, 0.15) is 41.1 Å². The molecule has 0 radical (unpaired) electrons. The molecule has 1 saturated carbocycles. The molecule has 2 aliphatic carbocycles. The number of Topliss-reactive ketones (excluding diaryl/α,β-unsaturated/α-hetero) is 1. The van der Waals surface area contributed by atoms with Gasteiger partial charge in [0.25, 0.3) is 0 Å². The fourth-order valence-corrected chi connectivity index (χ4v) is 4.31. The lowest BCUT2D eigenvalue weighted by molar-refractivity contribution is 0.0887. The third-order valence-corrected chi connectivity index (χ3v) is 5.90. The molecule has 4 nitrogen and oxygen atoms in total. The summed E-state index contributed by atoms with van der Waals surface area (Å²) in [6.45, 7) is 3.82. The van der Waals surface area contributed by atoms with Gasteiger partial charge in [-0.05, 0) is 44.6 Å². The molecule has 1 aromatic carbocycles. The van der Waals surface area contributed by atoms with E-state index in [0.717, 1.165) is 48.6 Å². The van der Waals surface area contributed by atoms with Crippen LogP contribution in [0.4, 0.5) is 0 Å². The molecule has 0 aliphatic heterocycles. The normalized spacial score (nSPS) is 19.4. The van der Waals surface area contributed by atoms with Crippen LogP contribution in [0.15, 0.2) is 36.7 Å². The van der Waals surface area contributed by atoms with E-state index in [9.17, 15) is 4.79 Å². The number of carbonyl (C=O) groups excluding carboxylic acids is 1. The van der Waals surface area contributed by atoms with Crippen LogP contribution in [0.3, 0.4) is 0 Å². The van der Waals surface area contributed by atoms with Crippen molar-refractivity contribution in [1.29, 1.82) is 0 Å². The maximum atomic E-state index is 13.3. The topological polar surface area (TPSA) is 39.8 Å². The van der Waals surface area contributed by atoms with Gasteiger partial charge in [0.15, 0.2) is 5.78 Å². The number of carbonyl (C=O) groups is 1. The van der Waals surface area contributed by atoms with Crippen LogP contribution in [0.2, 0.25) is 0 Å². The zero-order valence-corrected chi connectivity index (χ0v) is 15.8. The molecule has 26 heavy (non-hydrogen) atoms. The first-order valence-corrected chi connectivity index (χ1v) is 9.34. The summed E-state index contributed by atoms with van der Waals surface area (Å²) in [5.74, 6) is 2.16. The van der Waals surface area contributed by atoms with Crippen molar-refractivity contribution in [2.24, 2.45) is 11.8 Å². The minimum atomic E-state index is 0. The van der Waals surface area contributed by atoms with Crippen molar-refractivity contribution in [1.82, 2.24) is 14.1 Å². The van der Waals surface area contributed by atoms with Gasteiger partial charge in [0.05, 0.1) is 0 Å². The summed E-state index contributed by atoms with van der Waals surface area (Å²) >= 11 is 0. The van der Waals surface area contributed by atoms with E-state index in [1.807, 2.05) is 19.3 Å². The Morgan fingerprint density at radius 3 is 2.69 bits per heavy atom. The van der Waals surface area contributed by atoms with Crippen molar-refractivity contribution >= 4 is 29.1 Å². The first-order valence-electron chi connectivity index (χ1n) is 9.34. The van der Waals surface area contributed by atoms with Gasteiger partial charge in [-0.25, -0.2) is 4.98 Å². The molecule has 2 aromatic heterocycles. The summed E-state index contributed by atoms with van der Waals surface area (Å²) in [5, 5.41) is 1.15. The molecule has 2 heterocycles. The predicted molar refractivity (Wildman–Crippen MR) is 105 cm³/mol. The van der Waals surface area contributed by atoms with Gasteiger partial charge in [0.1, 0.15) is 5.82 Å². The molecule has 0 N–H and O–H groups in total. The Bertz CT molecular complexity index is 967. The summed E-state index contributed by atoms with van der Waals surface area (Å²) in [7, 11) is 0. The van der Waals surface area contributed by atoms with E-state index in [1.54, 1.807) is 0 Å². The maximum absolute atomic E-state index is 13.3. The number of nitrogens with zero attached hydrogens (tertiary/aromatic N) is 3. The summed E-state index contributed by atoms with van der Waals surface area (Å²) in [6.07, 6.45) is 8.39. The van der Waals surface area contributed by atoms with Crippen LogP contribution in [-0.4, -0.2) is 19.9 Å². The molecule has 5 rings (SSSR count). The number of hydrogen-bond donors (Lipinski definition) is 0. The van der Waals surface area contributed by atoms with Crippen LogP contribution >= 0.6 is 12.4 Å². The summed E-state index contributed by atoms with van der Waals surface area (Å²) in [5.41, 5.74) is 3.51. The van der Waals surface area contributed by atoms with E-state index < -0.39 is 0 Å². The highest BCUT2D eigenvalue weighted by Gasteiger charge is 2.34. The number of aromatic nitrogens is 3. The molecule has 5 heteroatoms. The largest absolute Gasteiger partial charge is 0.344 e. The highest BCUT2D eigenvalue weighted by atomic mass is 35.5. The lowest BCUT2D eigenvalue weighted by atomic mass is 9.85. The van der Waals surface area contributed by atoms with Gasteiger partial charge < -0.3 is 9.13 Å². The summed E-state index contributed by atoms with van der Waals surface area (Å²) < 4.78 is 4.55. The van der Waals surface area contributed by atoms with Gasteiger partial charge in [-0.3, -0.25) is 4.79 Å². The highest BCUT2D eigenvalue weighted by molar-refractivity contribution is 6.11. The first-order chi connectivity index (χ1) is 12.2. The number of para-hydroxylation sites is 1. The van der Waals surface area contributed by atoms with E-state index in [4.69, 9.17) is 0 Å². The molecule has 1 unspecified atom stereocenters. The second-order valence-corrected chi connectivity index (χ2v) is 7.62. The first kappa shape index (κ1) is 17.3. The average Bonchev–Trinajstić information content (AvgIpc) is 3.27. The number of halogens is 1. The molecule has 136 valence electrons. The second-order valence-electron chi connectivity index (χ2n) is 7.62. The van der Waals surface area contributed by atoms with Crippen molar-refractivity contribution in [2.45, 2.75) is 45.7 Å². The van der Waals surface area contributed by atoms with Crippen LogP contribution in [0.25, 0.3) is 10.9 Å². The molecular weight excluding hydrogens is 346 g/mol. The quantitative estimate of drug-likeness (QED) is 0.682. The lowest BCUT2D eigenvalue weighted by Crippen LogP contribution is -2.27. The fraction of sp³-hybridized carbons (Fsp3) is 0.429. The molecule has 0 amide bonds. The van der Waals surface area contributed by atoms with Crippen LogP contribution < -0.4 is 0 Å². The van der Waals surface area contributed by atoms with Crippen LogP contribution in [0, 0.1) is 18.8 Å². The van der Waals surface area contributed by atoms with Crippen molar-refractivity contribution in [3.63, 3.8) is 0 Å². The van der Waals surface area contributed by atoms with Crippen LogP contribution in [-0.2, 0) is 19.5 Å². The molecule has 0 bridgehead atoms. The zero-order valence-electron chi connectivity index (χ0n) is 15.0. The van der Waals surface area contributed by atoms with Crippen molar-refractivity contribution < 1.29 is 4.79 Å². The van der Waals surface area contributed by atoms with Crippen LogP contribution in [0.5, 0.6) is 0 Å².